The van der Waals surface area contributed by atoms with Gasteiger partial charge in [-0.15, -0.1) is 0 Å². The van der Waals surface area contributed by atoms with Crippen molar-refractivity contribution in [2.24, 2.45) is 5.41 Å². The Morgan fingerprint density at radius 1 is 1.19 bits per heavy atom. The molecule has 8 heteroatoms. The van der Waals surface area contributed by atoms with Gasteiger partial charge in [-0.3, -0.25) is 9.59 Å². The highest BCUT2D eigenvalue weighted by Crippen LogP contribution is 2.42. The van der Waals surface area contributed by atoms with Crippen LogP contribution in [0.2, 0.25) is 0 Å². The molecule has 1 aromatic carbocycles. The van der Waals surface area contributed by atoms with Crippen LogP contribution in [-0.2, 0) is 11.0 Å². The maximum absolute atomic E-state index is 12.9. The van der Waals surface area contributed by atoms with E-state index in [0.717, 1.165) is 17.8 Å². The number of hydrogen-bond donors (Lipinski definition) is 0. The number of halogens is 3. The summed E-state index contributed by atoms with van der Waals surface area (Å²) in [6, 6.07) is 6.39. The monoisotopic (exact) mass is 394 g/mol. The zero-order valence-electron chi connectivity index (χ0n) is 14.3. The first-order valence-corrected chi connectivity index (χ1v) is 9.51. The lowest BCUT2D eigenvalue weighted by Crippen LogP contribution is -2.34. The normalized spacial score (nSPS) is 22.9. The molecule has 2 aliphatic heterocycles. The molecular formula is C19H17F3N2O2S. The van der Waals surface area contributed by atoms with Gasteiger partial charge in [-0.1, -0.05) is 6.07 Å². The molecule has 2 saturated heterocycles. The summed E-state index contributed by atoms with van der Waals surface area (Å²) in [4.78, 5) is 28.5. The summed E-state index contributed by atoms with van der Waals surface area (Å²) >= 11 is 1.52. The van der Waals surface area contributed by atoms with E-state index in [2.05, 4.69) is 0 Å². The highest BCUT2D eigenvalue weighted by molar-refractivity contribution is 7.08. The standard InChI is InChI=1S/C19H17F3N2O2S/c20-19(21,22)14-3-1-2-13(8-14)17(26)23-6-5-18(11-23)9-16(25)24(12-18)15-4-7-27-10-15/h1-4,7-8,10H,5-6,9,11-12H2. The number of alkyl halides is 3. The molecule has 27 heavy (non-hydrogen) atoms. The Morgan fingerprint density at radius 2 is 2.00 bits per heavy atom. The lowest BCUT2D eigenvalue weighted by molar-refractivity contribution is -0.137. The van der Waals surface area contributed by atoms with E-state index in [1.807, 2.05) is 16.8 Å². The van der Waals surface area contributed by atoms with Crippen LogP contribution in [0.1, 0.15) is 28.8 Å². The molecule has 2 amide bonds. The zero-order valence-corrected chi connectivity index (χ0v) is 15.1. The van der Waals surface area contributed by atoms with Gasteiger partial charge in [0.25, 0.3) is 5.91 Å². The average Bonchev–Trinajstić information content (AvgIpc) is 3.35. The fourth-order valence-corrected chi connectivity index (χ4v) is 4.58. The van der Waals surface area contributed by atoms with E-state index in [9.17, 15) is 22.8 Å². The fraction of sp³-hybridized carbons (Fsp3) is 0.368. The van der Waals surface area contributed by atoms with Crippen LogP contribution in [0.25, 0.3) is 0 Å². The lowest BCUT2D eigenvalue weighted by atomic mass is 9.86. The molecule has 2 aliphatic rings. The summed E-state index contributed by atoms with van der Waals surface area (Å²) in [7, 11) is 0. The topological polar surface area (TPSA) is 40.6 Å². The van der Waals surface area contributed by atoms with Gasteiger partial charge in [0.15, 0.2) is 0 Å². The van der Waals surface area contributed by atoms with Crippen LogP contribution in [0.3, 0.4) is 0 Å². The zero-order chi connectivity index (χ0) is 19.2. The number of carbonyl (C=O) groups excluding carboxylic acids is 2. The van der Waals surface area contributed by atoms with Gasteiger partial charge in [-0.2, -0.15) is 24.5 Å². The number of carbonyl (C=O) groups is 2. The van der Waals surface area contributed by atoms with Crippen molar-refractivity contribution in [2.45, 2.75) is 19.0 Å². The number of anilines is 1. The second-order valence-corrected chi connectivity index (χ2v) is 7.97. The molecule has 2 fully saturated rings. The predicted octanol–water partition coefficient (Wildman–Crippen LogP) is 4.04. The Morgan fingerprint density at radius 3 is 2.70 bits per heavy atom. The second kappa shape index (κ2) is 6.37. The van der Waals surface area contributed by atoms with Crippen molar-refractivity contribution in [3.63, 3.8) is 0 Å². The first-order valence-electron chi connectivity index (χ1n) is 8.57. The third-order valence-corrected chi connectivity index (χ3v) is 5.97. The number of nitrogens with zero attached hydrogens (tertiary/aromatic N) is 2. The number of thiophene rings is 1. The van der Waals surface area contributed by atoms with Crippen molar-refractivity contribution in [1.29, 1.82) is 0 Å². The minimum Gasteiger partial charge on any atom is -0.338 e. The molecule has 0 saturated carbocycles. The van der Waals surface area contributed by atoms with E-state index < -0.39 is 17.6 Å². The highest BCUT2D eigenvalue weighted by Gasteiger charge is 2.49. The van der Waals surface area contributed by atoms with E-state index in [1.165, 1.54) is 23.5 Å². The highest BCUT2D eigenvalue weighted by atomic mass is 32.1. The molecule has 0 aliphatic carbocycles. The number of hydrogen-bond acceptors (Lipinski definition) is 3. The smallest absolute Gasteiger partial charge is 0.338 e. The Balaban J connectivity index is 1.50. The van der Waals surface area contributed by atoms with Crippen molar-refractivity contribution >= 4 is 28.8 Å². The van der Waals surface area contributed by atoms with E-state index in [1.54, 1.807) is 9.80 Å². The van der Waals surface area contributed by atoms with Gasteiger partial charge in [0, 0.05) is 42.4 Å². The van der Waals surface area contributed by atoms with Crippen molar-refractivity contribution in [3.8, 4) is 0 Å². The molecule has 1 atom stereocenters. The molecule has 1 unspecified atom stereocenters. The molecule has 1 spiro atoms. The van der Waals surface area contributed by atoms with Crippen molar-refractivity contribution in [2.75, 3.05) is 24.5 Å². The molecule has 3 heterocycles. The van der Waals surface area contributed by atoms with Crippen LogP contribution in [-0.4, -0.2) is 36.3 Å². The maximum atomic E-state index is 12.9. The second-order valence-electron chi connectivity index (χ2n) is 7.19. The van der Waals surface area contributed by atoms with Gasteiger partial charge in [-0.25, -0.2) is 0 Å². The molecule has 142 valence electrons. The van der Waals surface area contributed by atoms with Crippen LogP contribution in [0.15, 0.2) is 41.1 Å². The molecule has 2 aromatic rings. The first kappa shape index (κ1) is 18.0. The minimum absolute atomic E-state index is 0.0286. The average molecular weight is 394 g/mol. The van der Waals surface area contributed by atoms with Crippen LogP contribution in [0.5, 0.6) is 0 Å². The summed E-state index contributed by atoms with van der Waals surface area (Å²) in [5.74, 6) is -0.388. The SMILES string of the molecule is O=C(c1cccc(C(F)(F)F)c1)N1CCC2(CC(=O)N(c3ccsc3)C2)C1. The van der Waals surface area contributed by atoms with Gasteiger partial charge < -0.3 is 9.80 Å². The summed E-state index contributed by atoms with van der Waals surface area (Å²) < 4.78 is 38.7. The number of rotatable bonds is 2. The molecule has 0 N–H and O–H groups in total. The molecule has 4 rings (SSSR count). The Kier molecular flexibility index (Phi) is 4.25. The number of benzene rings is 1. The van der Waals surface area contributed by atoms with Crippen LogP contribution in [0.4, 0.5) is 18.9 Å². The Bertz CT molecular complexity index is 881. The number of amides is 2. The van der Waals surface area contributed by atoms with Gasteiger partial charge in [0.1, 0.15) is 0 Å². The van der Waals surface area contributed by atoms with Gasteiger partial charge in [0.2, 0.25) is 5.91 Å². The van der Waals surface area contributed by atoms with Gasteiger partial charge in [0.05, 0.1) is 11.3 Å². The summed E-state index contributed by atoms with van der Waals surface area (Å²) in [5, 5.41) is 3.82. The molecule has 0 bridgehead atoms. The summed E-state index contributed by atoms with van der Waals surface area (Å²) in [5.41, 5.74) is -0.261. The molecular weight excluding hydrogens is 377 g/mol. The van der Waals surface area contributed by atoms with E-state index >= 15 is 0 Å². The predicted molar refractivity (Wildman–Crippen MR) is 95.7 cm³/mol. The van der Waals surface area contributed by atoms with E-state index in [4.69, 9.17) is 0 Å². The maximum Gasteiger partial charge on any atom is 0.416 e. The minimum atomic E-state index is -4.48. The summed E-state index contributed by atoms with van der Waals surface area (Å²) in [6.45, 7) is 1.36. The molecule has 4 nitrogen and oxygen atoms in total. The first-order chi connectivity index (χ1) is 12.8. The summed E-state index contributed by atoms with van der Waals surface area (Å²) in [6.07, 6.45) is -3.46. The van der Waals surface area contributed by atoms with Gasteiger partial charge >= 0.3 is 6.18 Å². The quantitative estimate of drug-likeness (QED) is 0.772. The van der Waals surface area contributed by atoms with Gasteiger partial charge in [-0.05, 0) is 36.1 Å². The Labute approximate surface area is 158 Å². The van der Waals surface area contributed by atoms with Crippen LogP contribution >= 0.6 is 11.3 Å². The largest absolute Gasteiger partial charge is 0.416 e. The van der Waals surface area contributed by atoms with Crippen molar-refractivity contribution < 1.29 is 22.8 Å². The van der Waals surface area contributed by atoms with Crippen LogP contribution in [0, 0.1) is 5.41 Å². The van der Waals surface area contributed by atoms with Crippen molar-refractivity contribution in [3.05, 3.63) is 52.2 Å². The lowest BCUT2D eigenvalue weighted by Gasteiger charge is -2.24. The molecule has 1 aromatic heterocycles. The van der Waals surface area contributed by atoms with Crippen LogP contribution < -0.4 is 4.90 Å². The molecule has 0 radical (unpaired) electrons. The Hall–Kier alpha value is -2.35. The third kappa shape index (κ3) is 3.34. The third-order valence-electron chi connectivity index (χ3n) is 5.30. The van der Waals surface area contributed by atoms with E-state index in [0.29, 0.717) is 32.5 Å². The fourth-order valence-electron chi connectivity index (χ4n) is 3.93. The number of likely N-dealkylation sites (tertiary alicyclic amines) is 1. The van der Waals surface area contributed by atoms with E-state index in [-0.39, 0.29) is 16.9 Å². The van der Waals surface area contributed by atoms with Crippen molar-refractivity contribution in [1.82, 2.24) is 4.90 Å².